The molecule has 3 aromatic rings. The third-order valence-electron chi connectivity index (χ3n) is 5.11. The van der Waals surface area contributed by atoms with E-state index in [9.17, 15) is 22.8 Å². The average molecular weight is 453 g/mol. The first-order chi connectivity index (χ1) is 15.6. The van der Waals surface area contributed by atoms with Crippen LogP contribution in [0.15, 0.2) is 72.3 Å². The lowest BCUT2D eigenvalue weighted by Crippen LogP contribution is -2.31. The highest BCUT2D eigenvalue weighted by molar-refractivity contribution is 6.19. The summed E-state index contributed by atoms with van der Waals surface area (Å²) < 4.78 is 41.6. The van der Waals surface area contributed by atoms with Gasteiger partial charge in [-0.3, -0.25) is 14.5 Å². The maximum absolute atomic E-state index is 13.3. The summed E-state index contributed by atoms with van der Waals surface area (Å²) in [6.07, 6.45) is -3.60. The molecule has 1 aliphatic rings. The van der Waals surface area contributed by atoms with E-state index < -0.39 is 24.1 Å². The number of amides is 1. The largest absolute Gasteiger partial charge is 0.573 e. The van der Waals surface area contributed by atoms with Gasteiger partial charge in [-0.1, -0.05) is 42.0 Å². The van der Waals surface area contributed by atoms with Gasteiger partial charge in [0.05, 0.1) is 11.7 Å². The SMILES string of the molecule is Cc1ccc(C(=O)C2=CC(=O)N(c3ccc(C)nn3)C2c2ccc(OC(F)(F)F)cc2)cc1. The van der Waals surface area contributed by atoms with Crippen LogP contribution in [0.2, 0.25) is 0 Å². The number of alkyl halides is 3. The second kappa shape index (κ2) is 8.50. The van der Waals surface area contributed by atoms with Crippen molar-refractivity contribution in [2.75, 3.05) is 4.90 Å². The fraction of sp³-hybridized carbons (Fsp3) is 0.167. The predicted octanol–water partition coefficient (Wildman–Crippen LogP) is 4.89. The molecule has 168 valence electrons. The normalized spacial score (nSPS) is 16.0. The van der Waals surface area contributed by atoms with Crippen LogP contribution in [0, 0.1) is 13.8 Å². The molecule has 6 nitrogen and oxygen atoms in total. The van der Waals surface area contributed by atoms with Crippen molar-refractivity contribution in [3.05, 3.63) is 94.7 Å². The van der Waals surface area contributed by atoms with Crippen LogP contribution in [0.4, 0.5) is 19.0 Å². The fourth-order valence-corrected chi connectivity index (χ4v) is 3.56. The van der Waals surface area contributed by atoms with Crippen molar-refractivity contribution < 1.29 is 27.5 Å². The van der Waals surface area contributed by atoms with Crippen molar-refractivity contribution in [1.82, 2.24) is 10.2 Å². The van der Waals surface area contributed by atoms with E-state index in [4.69, 9.17) is 0 Å². The summed E-state index contributed by atoms with van der Waals surface area (Å²) in [5, 5.41) is 8.05. The van der Waals surface area contributed by atoms with Gasteiger partial charge in [0.1, 0.15) is 5.75 Å². The number of ether oxygens (including phenoxy) is 1. The molecule has 0 N–H and O–H groups in total. The van der Waals surface area contributed by atoms with Crippen LogP contribution < -0.4 is 9.64 Å². The Labute approximate surface area is 187 Å². The first kappa shape index (κ1) is 22.2. The molecule has 4 rings (SSSR count). The van der Waals surface area contributed by atoms with Gasteiger partial charge in [0.25, 0.3) is 5.91 Å². The summed E-state index contributed by atoms with van der Waals surface area (Å²) in [4.78, 5) is 27.6. The Kier molecular flexibility index (Phi) is 5.71. The van der Waals surface area contributed by atoms with Crippen molar-refractivity contribution in [3.8, 4) is 5.75 Å². The Balaban J connectivity index is 1.76. The molecule has 1 unspecified atom stereocenters. The minimum atomic E-state index is -4.83. The van der Waals surface area contributed by atoms with Gasteiger partial charge in [0.15, 0.2) is 11.6 Å². The van der Waals surface area contributed by atoms with E-state index in [0.717, 1.165) is 17.7 Å². The summed E-state index contributed by atoms with van der Waals surface area (Å²) in [5.74, 6) is -1.04. The second-order valence-electron chi connectivity index (χ2n) is 7.56. The van der Waals surface area contributed by atoms with Crippen molar-refractivity contribution in [2.24, 2.45) is 0 Å². The predicted molar refractivity (Wildman–Crippen MR) is 114 cm³/mol. The molecule has 0 saturated heterocycles. The lowest BCUT2D eigenvalue weighted by molar-refractivity contribution is -0.274. The number of hydrogen-bond acceptors (Lipinski definition) is 5. The Morgan fingerprint density at radius 1 is 0.939 bits per heavy atom. The zero-order chi connectivity index (χ0) is 23.8. The number of rotatable bonds is 5. The van der Waals surface area contributed by atoms with Gasteiger partial charge >= 0.3 is 6.36 Å². The number of aromatic nitrogens is 2. The van der Waals surface area contributed by atoms with E-state index in [1.165, 1.54) is 23.1 Å². The molecular weight excluding hydrogens is 435 g/mol. The summed E-state index contributed by atoms with van der Waals surface area (Å²) in [7, 11) is 0. The molecule has 0 bridgehead atoms. The molecule has 1 amide bonds. The molecule has 9 heteroatoms. The van der Waals surface area contributed by atoms with Crippen molar-refractivity contribution in [3.63, 3.8) is 0 Å². The number of hydrogen-bond donors (Lipinski definition) is 0. The van der Waals surface area contributed by atoms with Crippen LogP contribution >= 0.6 is 0 Å². The Morgan fingerprint density at radius 3 is 2.18 bits per heavy atom. The number of aryl methyl sites for hydroxylation is 2. The van der Waals surface area contributed by atoms with Gasteiger partial charge in [-0.15, -0.1) is 18.3 Å². The molecule has 0 fully saturated rings. The van der Waals surface area contributed by atoms with E-state index in [1.807, 2.05) is 6.92 Å². The van der Waals surface area contributed by atoms with Gasteiger partial charge in [-0.05, 0) is 43.7 Å². The highest BCUT2D eigenvalue weighted by atomic mass is 19.4. The molecule has 0 radical (unpaired) electrons. The van der Waals surface area contributed by atoms with Crippen molar-refractivity contribution >= 4 is 17.5 Å². The third-order valence-corrected chi connectivity index (χ3v) is 5.11. The van der Waals surface area contributed by atoms with E-state index in [2.05, 4.69) is 14.9 Å². The number of benzene rings is 2. The Hall–Kier alpha value is -4.01. The van der Waals surface area contributed by atoms with E-state index >= 15 is 0 Å². The van der Waals surface area contributed by atoms with Gasteiger partial charge in [-0.25, -0.2) is 0 Å². The Morgan fingerprint density at radius 2 is 1.61 bits per heavy atom. The van der Waals surface area contributed by atoms with Crippen LogP contribution in [0.25, 0.3) is 0 Å². The first-order valence-electron chi connectivity index (χ1n) is 9.94. The standard InChI is InChI=1S/C24H18F3N3O3/c1-14-3-6-17(7-4-14)23(32)19-13-21(31)30(20-12-5-15(2)28-29-20)22(19)16-8-10-18(11-9-16)33-24(25,26)27/h3-13,22H,1-2H3. The van der Waals surface area contributed by atoms with Gasteiger partial charge < -0.3 is 4.74 Å². The summed E-state index contributed by atoms with van der Waals surface area (Å²) in [6.45, 7) is 3.63. The molecule has 2 heterocycles. The zero-order valence-corrected chi connectivity index (χ0v) is 17.6. The maximum Gasteiger partial charge on any atom is 0.573 e. The van der Waals surface area contributed by atoms with Crippen molar-refractivity contribution in [1.29, 1.82) is 0 Å². The smallest absolute Gasteiger partial charge is 0.406 e. The van der Waals surface area contributed by atoms with Gasteiger partial charge in [0, 0.05) is 17.2 Å². The second-order valence-corrected chi connectivity index (χ2v) is 7.56. The van der Waals surface area contributed by atoms with Crippen LogP contribution in [-0.2, 0) is 4.79 Å². The van der Waals surface area contributed by atoms with Crippen LogP contribution in [-0.4, -0.2) is 28.3 Å². The average Bonchev–Trinajstić information content (AvgIpc) is 3.11. The highest BCUT2D eigenvalue weighted by Gasteiger charge is 2.39. The van der Waals surface area contributed by atoms with Gasteiger partial charge in [0.2, 0.25) is 0 Å². The minimum absolute atomic E-state index is 0.177. The number of Topliss-reactive ketones (excluding diaryl/α,β-unsaturated/α-hetero) is 1. The molecule has 2 aromatic carbocycles. The first-order valence-corrected chi connectivity index (χ1v) is 9.94. The monoisotopic (exact) mass is 453 g/mol. The minimum Gasteiger partial charge on any atom is -0.406 e. The molecule has 1 aliphatic heterocycles. The molecule has 1 aromatic heterocycles. The third kappa shape index (κ3) is 4.77. The number of anilines is 1. The highest BCUT2D eigenvalue weighted by Crippen LogP contribution is 2.39. The Bertz CT molecular complexity index is 1220. The van der Waals surface area contributed by atoms with Gasteiger partial charge in [-0.2, -0.15) is 5.10 Å². The zero-order valence-electron chi connectivity index (χ0n) is 17.6. The number of ketones is 1. The van der Waals surface area contributed by atoms with E-state index in [-0.39, 0.29) is 17.2 Å². The molecule has 0 aliphatic carbocycles. The summed E-state index contributed by atoms with van der Waals surface area (Å²) in [6, 6.07) is 14.3. The number of nitrogens with zero attached hydrogens (tertiary/aromatic N) is 3. The topological polar surface area (TPSA) is 72.4 Å². The molecule has 0 saturated carbocycles. The van der Waals surface area contributed by atoms with Crippen molar-refractivity contribution in [2.45, 2.75) is 26.3 Å². The van der Waals surface area contributed by atoms with Crippen LogP contribution in [0.1, 0.15) is 33.2 Å². The van der Waals surface area contributed by atoms with E-state index in [1.54, 1.807) is 43.3 Å². The number of carbonyl (C=O) groups is 2. The van der Waals surface area contributed by atoms with Crippen LogP contribution in [0.5, 0.6) is 5.75 Å². The number of carbonyl (C=O) groups excluding carboxylic acids is 2. The van der Waals surface area contributed by atoms with Crippen LogP contribution in [0.3, 0.4) is 0 Å². The molecule has 33 heavy (non-hydrogen) atoms. The van der Waals surface area contributed by atoms with E-state index in [0.29, 0.717) is 16.8 Å². The quantitative estimate of drug-likeness (QED) is 0.515. The molecule has 1 atom stereocenters. The lowest BCUT2D eigenvalue weighted by atomic mass is 9.93. The molecular formula is C24H18F3N3O3. The summed E-state index contributed by atoms with van der Waals surface area (Å²) in [5.41, 5.74) is 2.59. The maximum atomic E-state index is 13.3. The molecule has 0 spiro atoms. The number of halogens is 3. The summed E-state index contributed by atoms with van der Waals surface area (Å²) >= 11 is 0. The fourth-order valence-electron chi connectivity index (χ4n) is 3.56. The lowest BCUT2D eigenvalue weighted by Gasteiger charge is -2.26.